The third kappa shape index (κ3) is 1.60. The summed E-state index contributed by atoms with van der Waals surface area (Å²) in [5.41, 5.74) is 1.26. The maximum absolute atomic E-state index is 5.70. The first kappa shape index (κ1) is 10.3. The van der Waals surface area contributed by atoms with Gasteiger partial charge in [-0.15, -0.1) is 0 Å². The van der Waals surface area contributed by atoms with Crippen molar-refractivity contribution in [1.29, 1.82) is 0 Å². The molecule has 2 aromatic heterocycles. The van der Waals surface area contributed by atoms with Crippen molar-refractivity contribution in [2.45, 2.75) is 32.8 Å². The molecule has 2 aromatic rings. The van der Waals surface area contributed by atoms with E-state index >= 15 is 0 Å². The van der Waals surface area contributed by atoms with Crippen LogP contribution < -0.4 is 4.74 Å². The second-order valence-electron chi connectivity index (χ2n) is 5.30. The zero-order valence-electron chi connectivity index (χ0n) is 10.3. The lowest BCUT2D eigenvalue weighted by Gasteiger charge is -2.23. The molecule has 0 aliphatic carbocycles. The Morgan fingerprint density at radius 1 is 1.29 bits per heavy atom. The number of hydrogen-bond acceptors (Lipinski definition) is 3. The number of ether oxygens (including phenoxy) is 1. The minimum atomic E-state index is 0.0839. The van der Waals surface area contributed by atoms with Crippen LogP contribution in [0.4, 0.5) is 0 Å². The molecule has 0 radical (unpaired) electrons. The minimum Gasteiger partial charge on any atom is -0.482 e. The molecule has 1 aliphatic heterocycles. The SMILES string of the molecule is CC(C)(C)c1cnc2c(c1)OCc1nccn1-2. The van der Waals surface area contributed by atoms with Crippen LogP contribution in [0.1, 0.15) is 32.2 Å². The monoisotopic (exact) mass is 229 g/mol. The summed E-state index contributed by atoms with van der Waals surface area (Å²) in [7, 11) is 0. The van der Waals surface area contributed by atoms with Crippen LogP contribution in [0.2, 0.25) is 0 Å². The number of rotatable bonds is 0. The highest BCUT2D eigenvalue weighted by molar-refractivity contribution is 5.46. The van der Waals surface area contributed by atoms with Crippen molar-refractivity contribution in [3.05, 3.63) is 36.0 Å². The molecule has 17 heavy (non-hydrogen) atoms. The van der Waals surface area contributed by atoms with Crippen LogP contribution in [0.5, 0.6) is 5.75 Å². The molecule has 0 saturated heterocycles. The third-order valence-electron chi connectivity index (χ3n) is 3.00. The van der Waals surface area contributed by atoms with Gasteiger partial charge in [0, 0.05) is 18.6 Å². The van der Waals surface area contributed by atoms with Gasteiger partial charge in [0.1, 0.15) is 6.61 Å². The van der Waals surface area contributed by atoms with E-state index in [1.54, 1.807) is 6.20 Å². The van der Waals surface area contributed by atoms with E-state index in [-0.39, 0.29) is 5.41 Å². The van der Waals surface area contributed by atoms with Crippen molar-refractivity contribution < 1.29 is 4.74 Å². The molecule has 0 aromatic carbocycles. The normalized spacial score (nSPS) is 13.8. The number of hydrogen-bond donors (Lipinski definition) is 0. The molecule has 0 saturated carbocycles. The van der Waals surface area contributed by atoms with E-state index < -0.39 is 0 Å². The van der Waals surface area contributed by atoms with Crippen LogP contribution in [0, 0.1) is 0 Å². The van der Waals surface area contributed by atoms with Gasteiger partial charge in [0.05, 0.1) is 0 Å². The van der Waals surface area contributed by atoms with Gasteiger partial charge in [0.2, 0.25) is 0 Å². The van der Waals surface area contributed by atoms with E-state index in [0.29, 0.717) is 6.61 Å². The van der Waals surface area contributed by atoms with Crippen molar-refractivity contribution in [3.63, 3.8) is 0 Å². The average Bonchev–Trinajstić information content (AvgIpc) is 2.75. The van der Waals surface area contributed by atoms with Crippen LogP contribution >= 0.6 is 0 Å². The summed E-state index contributed by atoms with van der Waals surface area (Å²) in [4.78, 5) is 8.72. The quantitative estimate of drug-likeness (QED) is 0.696. The summed E-state index contributed by atoms with van der Waals surface area (Å²) in [5, 5.41) is 0. The van der Waals surface area contributed by atoms with Gasteiger partial charge in [0.25, 0.3) is 0 Å². The first-order chi connectivity index (χ1) is 8.05. The summed E-state index contributed by atoms with van der Waals surface area (Å²) >= 11 is 0. The van der Waals surface area contributed by atoms with Crippen molar-refractivity contribution >= 4 is 0 Å². The highest BCUT2D eigenvalue weighted by Crippen LogP contribution is 2.31. The van der Waals surface area contributed by atoms with Crippen LogP contribution in [-0.4, -0.2) is 14.5 Å². The van der Waals surface area contributed by atoms with E-state index in [1.165, 1.54) is 5.56 Å². The number of fused-ring (bicyclic) bond motifs is 3. The Morgan fingerprint density at radius 3 is 2.88 bits per heavy atom. The molecule has 88 valence electrons. The molecule has 0 unspecified atom stereocenters. The molecule has 3 heterocycles. The van der Waals surface area contributed by atoms with Crippen molar-refractivity contribution in [1.82, 2.24) is 14.5 Å². The van der Waals surface area contributed by atoms with Crippen molar-refractivity contribution in [2.24, 2.45) is 0 Å². The lowest BCUT2D eigenvalue weighted by Crippen LogP contribution is -2.17. The van der Waals surface area contributed by atoms with Crippen LogP contribution in [0.15, 0.2) is 24.7 Å². The Kier molecular flexibility index (Phi) is 2.02. The fourth-order valence-electron chi connectivity index (χ4n) is 1.91. The van der Waals surface area contributed by atoms with Gasteiger partial charge in [-0.3, -0.25) is 4.57 Å². The van der Waals surface area contributed by atoms with Gasteiger partial charge in [-0.1, -0.05) is 20.8 Å². The van der Waals surface area contributed by atoms with Gasteiger partial charge in [-0.25, -0.2) is 9.97 Å². The summed E-state index contributed by atoms with van der Waals surface area (Å²) < 4.78 is 7.68. The maximum Gasteiger partial charge on any atom is 0.181 e. The van der Waals surface area contributed by atoms with Crippen LogP contribution in [-0.2, 0) is 12.0 Å². The third-order valence-corrected chi connectivity index (χ3v) is 3.00. The molecule has 1 aliphatic rings. The Hall–Kier alpha value is -1.84. The predicted molar refractivity (Wildman–Crippen MR) is 64.4 cm³/mol. The summed E-state index contributed by atoms with van der Waals surface area (Å²) in [5.74, 6) is 2.56. The standard InChI is InChI=1S/C13H15N3O/c1-13(2,3)9-6-10-12(15-7-9)16-5-4-14-11(16)8-17-10/h4-7H,8H2,1-3H3. The van der Waals surface area contributed by atoms with E-state index in [1.807, 2.05) is 17.0 Å². The molecule has 4 nitrogen and oxygen atoms in total. The molecular formula is C13H15N3O. The maximum atomic E-state index is 5.70. The lowest BCUT2D eigenvalue weighted by atomic mass is 9.88. The summed E-state index contributed by atoms with van der Waals surface area (Å²) in [6, 6.07) is 2.07. The number of pyridine rings is 1. The highest BCUT2D eigenvalue weighted by Gasteiger charge is 2.22. The van der Waals surface area contributed by atoms with Crippen LogP contribution in [0.25, 0.3) is 5.82 Å². The number of imidazole rings is 1. The number of nitrogens with zero attached hydrogens (tertiary/aromatic N) is 3. The van der Waals surface area contributed by atoms with Gasteiger partial charge >= 0.3 is 0 Å². The van der Waals surface area contributed by atoms with E-state index in [0.717, 1.165) is 17.4 Å². The van der Waals surface area contributed by atoms with E-state index in [2.05, 4.69) is 36.8 Å². The molecule has 0 atom stereocenters. The van der Waals surface area contributed by atoms with Gasteiger partial charge < -0.3 is 4.74 Å². The first-order valence-electron chi connectivity index (χ1n) is 5.71. The highest BCUT2D eigenvalue weighted by atomic mass is 16.5. The topological polar surface area (TPSA) is 39.9 Å². The molecule has 4 heteroatoms. The Labute approximate surface area is 100 Å². The Bertz CT molecular complexity index is 566. The second kappa shape index (κ2) is 3.32. The molecule has 0 N–H and O–H groups in total. The second-order valence-corrected chi connectivity index (χ2v) is 5.30. The summed E-state index contributed by atoms with van der Waals surface area (Å²) in [6.45, 7) is 7.01. The van der Waals surface area contributed by atoms with E-state index in [4.69, 9.17) is 4.74 Å². The van der Waals surface area contributed by atoms with E-state index in [9.17, 15) is 0 Å². The first-order valence-corrected chi connectivity index (χ1v) is 5.71. The largest absolute Gasteiger partial charge is 0.482 e. The Morgan fingerprint density at radius 2 is 2.12 bits per heavy atom. The molecule has 0 spiro atoms. The van der Waals surface area contributed by atoms with Gasteiger partial charge in [0.15, 0.2) is 17.4 Å². The molecule has 0 amide bonds. The molecule has 0 fully saturated rings. The zero-order chi connectivity index (χ0) is 12.0. The number of aromatic nitrogens is 3. The lowest BCUT2D eigenvalue weighted by molar-refractivity contribution is 0.276. The van der Waals surface area contributed by atoms with Crippen molar-refractivity contribution in [2.75, 3.05) is 0 Å². The molecule has 0 bridgehead atoms. The minimum absolute atomic E-state index is 0.0839. The van der Waals surface area contributed by atoms with Gasteiger partial charge in [-0.2, -0.15) is 0 Å². The van der Waals surface area contributed by atoms with Crippen LogP contribution in [0.3, 0.4) is 0 Å². The van der Waals surface area contributed by atoms with Gasteiger partial charge in [-0.05, 0) is 17.0 Å². The fraction of sp³-hybridized carbons (Fsp3) is 0.385. The van der Waals surface area contributed by atoms with Crippen molar-refractivity contribution in [3.8, 4) is 11.6 Å². The molecule has 3 rings (SSSR count). The predicted octanol–water partition coefficient (Wildman–Crippen LogP) is 2.46. The molecular weight excluding hydrogens is 214 g/mol. The average molecular weight is 229 g/mol. The fourth-order valence-corrected chi connectivity index (χ4v) is 1.91. The summed E-state index contributed by atoms with van der Waals surface area (Å²) in [6.07, 6.45) is 5.60. The zero-order valence-corrected chi connectivity index (χ0v) is 10.3. The smallest absolute Gasteiger partial charge is 0.181 e. The Balaban J connectivity index is 2.14.